The summed E-state index contributed by atoms with van der Waals surface area (Å²) in [6.07, 6.45) is 0.654. The van der Waals surface area contributed by atoms with E-state index in [0.29, 0.717) is 18.0 Å². The van der Waals surface area contributed by atoms with Gasteiger partial charge in [-0.15, -0.1) is 0 Å². The fourth-order valence-electron chi connectivity index (χ4n) is 3.40. The van der Waals surface area contributed by atoms with Crippen LogP contribution in [0.25, 0.3) is 0 Å². The number of hydrogen-bond donors (Lipinski definition) is 1. The van der Waals surface area contributed by atoms with Crippen molar-refractivity contribution < 1.29 is 13.2 Å². The number of nitrogens with zero attached hydrogens (tertiary/aromatic N) is 1. The molecule has 138 valence electrons. The first-order valence-corrected chi connectivity index (χ1v) is 10.2. The molecule has 0 aliphatic carbocycles. The Morgan fingerprint density at radius 3 is 2.38 bits per heavy atom. The van der Waals surface area contributed by atoms with Crippen LogP contribution in [-0.4, -0.2) is 20.4 Å². The molecule has 0 bridgehead atoms. The minimum Gasteiger partial charge on any atom is -0.309 e. The summed E-state index contributed by atoms with van der Waals surface area (Å²) in [6, 6.07) is 12.4. The average Bonchev–Trinajstić information content (AvgIpc) is 2.89. The summed E-state index contributed by atoms with van der Waals surface area (Å²) in [7, 11) is -3.68. The van der Waals surface area contributed by atoms with E-state index in [1.165, 1.54) is 6.92 Å². The monoisotopic (exact) mass is 372 g/mol. The maximum Gasteiger partial charge on any atom is 0.261 e. The van der Waals surface area contributed by atoms with Gasteiger partial charge in [-0.1, -0.05) is 26.0 Å². The minimum atomic E-state index is -3.68. The highest BCUT2D eigenvalue weighted by Gasteiger charge is 2.30. The van der Waals surface area contributed by atoms with Crippen molar-refractivity contribution in [2.24, 2.45) is 0 Å². The summed E-state index contributed by atoms with van der Waals surface area (Å²) in [5.41, 5.74) is 3.37. The Kier molecular flexibility index (Phi) is 4.80. The first kappa shape index (κ1) is 18.5. The second kappa shape index (κ2) is 6.76. The Labute approximate surface area is 155 Å². The Bertz CT molecular complexity index is 934. The van der Waals surface area contributed by atoms with Gasteiger partial charge in [-0.05, 0) is 60.7 Å². The highest BCUT2D eigenvalue weighted by atomic mass is 32.2. The normalized spacial score (nSPS) is 16.7. The van der Waals surface area contributed by atoms with Gasteiger partial charge >= 0.3 is 0 Å². The van der Waals surface area contributed by atoms with Gasteiger partial charge in [-0.2, -0.15) is 0 Å². The number of fused-ring (bicyclic) bond motifs is 1. The van der Waals surface area contributed by atoms with E-state index in [2.05, 4.69) is 18.6 Å². The predicted octanol–water partition coefficient (Wildman–Crippen LogP) is 3.91. The lowest BCUT2D eigenvalue weighted by Crippen LogP contribution is -2.33. The molecule has 2 aromatic carbocycles. The van der Waals surface area contributed by atoms with E-state index >= 15 is 0 Å². The minimum absolute atomic E-state index is 0.0322. The quantitative estimate of drug-likeness (QED) is 0.885. The van der Waals surface area contributed by atoms with Gasteiger partial charge in [0.1, 0.15) is 0 Å². The molecule has 2 aromatic rings. The standard InChI is InChI=1S/C20H24N2O3S/c1-13(2)16-5-7-18(8-6-16)21-26(24,25)19-9-10-20-17(12-19)11-14(3)22(20)15(4)23/h5-10,12-14,21H,11H2,1-4H3/t14-/m0/s1. The first-order chi connectivity index (χ1) is 12.2. The number of hydrogen-bond acceptors (Lipinski definition) is 3. The van der Waals surface area contributed by atoms with Crippen LogP contribution in [-0.2, 0) is 21.2 Å². The number of rotatable bonds is 4. The van der Waals surface area contributed by atoms with Crippen LogP contribution in [0.1, 0.15) is 44.7 Å². The van der Waals surface area contributed by atoms with E-state index < -0.39 is 10.0 Å². The molecule has 1 aliphatic rings. The van der Waals surface area contributed by atoms with E-state index in [-0.39, 0.29) is 16.8 Å². The predicted molar refractivity (Wildman–Crippen MR) is 104 cm³/mol. The molecular weight excluding hydrogens is 348 g/mol. The molecule has 1 amide bonds. The van der Waals surface area contributed by atoms with Crippen molar-refractivity contribution in [2.75, 3.05) is 9.62 Å². The molecule has 0 fully saturated rings. The lowest BCUT2D eigenvalue weighted by molar-refractivity contribution is -0.116. The Hall–Kier alpha value is -2.34. The van der Waals surface area contributed by atoms with Crippen LogP contribution in [0.5, 0.6) is 0 Å². The molecule has 0 aromatic heterocycles. The molecule has 0 spiro atoms. The van der Waals surface area contributed by atoms with Crippen LogP contribution in [0.2, 0.25) is 0 Å². The number of anilines is 2. The van der Waals surface area contributed by atoms with Gasteiger partial charge in [0, 0.05) is 24.3 Å². The molecule has 3 rings (SSSR count). The number of sulfonamides is 1. The zero-order valence-electron chi connectivity index (χ0n) is 15.5. The van der Waals surface area contributed by atoms with E-state index in [4.69, 9.17) is 0 Å². The van der Waals surface area contributed by atoms with E-state index in [0.717, 1.165) is 16.8 Å². The van der Waals surface area contributed by atoms with Gasteiger partial charge in [0.05, 0.1) is 4.90 Å². The molecule has 0 saturated heterocycles. The summed E-state index contributed by atoms with van der Waals surface area (Å²) in [6.45, 7) is 7.67. The summed E-state index contributed by atoms with van der Waals surface area (Å²) < 4.78 is 28.1. The smallest absolute Gasteiger partial charge is 0.261 e. The third-order valence-corrected chi connectivity index (χ3v) is 6.12. The fraction of sp³-hybridized carbons (Fsp3) is 0.350. The molecule has 1 atom stereocenters. The molecule has 5 nitrogen and oxygen atoms in total. The van der Waals surface area contributed by atoms with Crippen LogP contribution < -0.4 is 9.62 Å². The number of benzene rings is 2. The Morgan fingerprint density at radius 2 is 1.81 bits per heavy atom. The third kappa shape index (κ3) is 3.46. The first-order valence-electron chi connectivity index (χ1n) is 8.74. The summed E-state index contributed by atoms with van der Waals surface area (Å²) >= 11 is 0. The van der Waals surface area contributed by atoms with Crippen LogP contribution in [0, 0.1) is 0 Å². The molecule has 1 heterocycles. The summed E-state index contributed by atoms with van der Waals surface area (Å²) in [4.78, 5) is 13.7. The van der Waals surface area contributed by atoms with Gasteiger partial charge in [-0.25, -0.2) is 8.42 Å². The lowest BCUT2D eigenvalue weighted by atomic mass is 10.0. The second-order valence-electron chi connectivity index (χ2n) is 7.11. The Morgan fingerprint density at radius 1 is 1.15 bits per heavy atom. The van der Waals surface area contributed by atoms with Crippen LogP contribution in [0.3, 0.4) is 0 Å². The van der Waals surface area contributed by atoms with Gasteiger partial charge in [0.2, 0.25) is 5.91 Å². The number of nitrogens with one attached hydrogen (secondary N) is 1. The zero-order chi connectivity index (χ0) is 19.1. The largest absolute Gasteiger partial charge is 0.309 e. The average molecular weight is 372 g/mol. The van der Waals surface area contributed by atoms with Crippen molar-refractivity contribution in [2.45, 2.75) is 51.0 Å². The van der Waals surface area contributed by atoms with Gasteiger partial charge in [0.25, 0.3) is 10.0 Å². The van der Waals surface area contributed by atoms with Crippen LogP contribution >= 0.6 is 0 Å². The highest BCUT2D eigenvalue weighted by Crippen LogP contribution is 2.34. The van der Waals surface area contributed by atoms with Crippen LogP contribution in [0.4, 0.5) is 11.4 Å². The molecule has 0 saturated carbocycles. The van der Waals surface area contributed by atoms with Gasteiger partial charge in [-0.3, -0.25) is 9.52 Å². The van der Waals surface area contributed by atoms with E-state index in [1.54, 1.807) is 35.2 Å². The SMILES string of the molecule is CC(=O)N1c2ccc(S(=O)(=O)Nc3ccc(C(C)C)cc3)cc2C[C@@H]1C. The lowest BCUT2D eigenvalue weighted by Gasteiger charge is -2.20. The third-order valence-electron chi connectivity index (χ3n) is 4.75. The van der Waals surface area contributed by atoms with Gasteiger partial charge < -0.3 is 4.90 Å². The second-order valence-corrected chi connectivity index (χ2v) is 8.80. The molecule has 1 aliphatic heterocycles. The van der Waals surface area contributed by atoms with Crippen molar-refractivity contribution >= 4 is 27.3 Å². The molecule has 1 N–H and O–H groups in total. The zero-order valence-corrected chi connectivity index (χ0v) is 16.3. The highest BCUT2D eigenvalue weighted by molar-refractivity contribution is 7.92. The fourth-order valence-corrected chi connectivity index (χ4v) is 4.51. The topological polar surface area (TPSA) is 66.5 Å². The van der Waals surface area contributed by atoms with Gasteiger partial charge in [0.15, 0.2) is 0 Å². The summed E-state index contributed by atoms with van der Waals surface area (Å²) in [5.74, 6) is 0.360. The summed E-state index contributed by atoms with van der Waals surface area (Å²) in [5, 5.41) is 0. The van der Waals surface area contributed by atoms with Crippen molar-refractivity contribution in [1.29, 1.82) is 0 Å². The van der Waals surface area contributed by atoms with E-state index in [1.807, 2.05) is 19.1 Å². The maximum atomic E-state index is 12.7. The number of carbonyl (C=O) groups is 1. The molecule has 26 heavy (non-hydrogen) atoms. The molecule has 0 unspecified atom stereocenters. The number of carbonyl (C=O) groups excluding carboxylic acids is 1. The van der Waals surface area contributed by atoms with E-state index in [9.17, 15) is 13.2 Å². The van der Waals surface area contributed by atoms with Crippen molar-refractivity contribution in [3.63, 3.8) is 0 Å². The van der Waals surface area contributed by atoms with Crippen molar-refractivity contribution in [3.8, 4) is 0 Å². The van der Waals surface area contributed by atoms with Crippen molar-refractivity contribution in [3.05, 3.63) is 53.6 Å². The molecule has 6 heteroatoms. The maximum absolute atomic E-state index is 12.7. The van der Waals surface area contributed by atoms with Crippen LogP contribution in [0.15, 0.2) is 47.4 Å². The molecule has 0 radical (unpaired) electrons. The molecular formula is C20H24N2O3S. The Balaban J connectivity index is 1.87. The van der Waals surface area contributed by atoms with Crippen molar-refractivity contribution in [1.82, 2.24) is 0 Å². The number of amides is 1.